The molecule has 2 aromatic carbocycles. The van der Waals surface area contributed by atoms with Crippen molar-refractivity contribution in [3.05, 3.63) is 48.0 Å². The number of phenols is 1. The molecule has 2 nitrogen and oxygen atoms in total. The van der Waals surface area contributed by atoms with Gasteiger partial charge in [-0.15, -0.1) is 0 Å². The smallest absolute Gasteiger partial charge is 0.123 e. The van der Waals surface area contributed by atoms with Crippen LogP contribution in [0.3, 0.4) is 0 Å². The zero-order chi connectivity index (χ0) is 13.1. The molecule has 0 aliphatic rings. The van der Waals surface area contributed by atoms with Gasteiger partial charge in [0, 0.05) is 6.07 Å². The summed E-state index contributed by atoms with van der Waals surface area (Å²) in [7, 11) is 1.60. The molecule has 0 spiro atoms. The van der Waals surface area contributed by atoms with E-state index in [9.17, 15) is 5.11 Å². The maximum atomic E-state index is 9.74. The zero-order valence-electron chi connectivity index (χ0n) is 11.0. The Bertz CT molecular complexity index is 545. The molecule has 2 aromatic rings. The minimum atomic E-state index is 0.225. The van der Waals surface area contributed by atoms with Gasteiger partial charge in [0.05, 0.1) is 7.11 Å². The van der Waals surface area contributed by atoms with Crippen molar-refractivity contribution in [3.8, 4) is 22.6 Å². The lowest BCUT2D eigenvalue weighted by Gasteiger charge is -2.14. The summed E-state index contributed by atoms with van der Waals surface area (Å²) in [5.41, 5.74) is 3.39. The van der Waals surface area contributed by atoms with Crippen LogP contribution in [-0.2, 0) is 0 Å². The van der Waals surface area contributed by atoms with Crippen LogP contribution in [0.15, 0.2) is 42.5 Å². The minimum Gasteiger partial charge on any atom is -0.508 e. The molecule has 0 atom stereocenters. The van der Waals surface area contributed by atoms with Gasteiger partial charge in [-0.2, -0.15) is 0 Å². The first-order valence-electron chi connectivity index (χ1n) is 6.09. The van der Waals surface area contributed by atoms with Crippen molar-refractivity contribution < 1.29 is 9.84 Å². The van der Waals surface area contributed by atoms with Gasteiger partial charge < -0.3 is 9.84 Å². The number of benzene rings is 2. The summed E-state index contributed by atoms with van der Waals surface area (Å²) >= 11 is 0. The van der Waals surface area contributed by atoms with Crippen molar-refractivity contribution in [2.24, 2.45) is 0 Å². The van der Waals surface area contributed by atoms with Gasteiger partial charge in [-0.1, -0.05) is 38.1 Å². The predicted octanol–water partition coefficient (Wildman–Crippen LogP) is 4.19. The number of rotatable bonds is 3. The van der Waals surface area contributed by atoms with Crippen molar-refractivity contribution in [2.75, 3.05) is 7.11 Å². The van der Waals surface area contributed by atoms with Crippen molar-refractivity contribution >= 4 is 0 Å². The molecular formula is C16H18O2. The second kappa shape index (κ2) is 5.13. The molecular weight excluding hydrogens is 224 g/mol. The van der Waals surface area contributed by atoms with E-state index in [0.717, 1.165) is 11.1 Å². The Balaban J connectivity index is 2.58. The van der Waals surface area contributed by atoms with Crippen LogP contribution in [0.2, 0.25) is 0 Å². The van der Waals surface area contributed by atoms with Gasteiger partial charge in [0.15, 0.2) is 0 Å². The molecule has 0 saturated heterocycles. The number of aromatic hydroxyl groups is 1. The van der Waals surface area contributed by atoms with Crippen LogP contribution >= 0.6 is 0 Å². The highest BCUT2D eigenvalue weighted by molar-refractivity contribution is 5.70. The molecule has 0 fully saturated rings. The first-order chi connectivity index (χ1) is 8.61. The number of ether oxygens (including phenoxy) is 1. The Morgan fingerprint density at radius 2 is 1.78 bits per heavy atom. The van der Waals surface area contributed by atoms with Crippen molar-refractivity contribution in [1.82, 2.24) is 0 Å². The lowest BCUT2D eigenvalue weighted by molar-refractivity contribution is 0.408. The van der Waals surface area contributed by atoms with Crippen molar-refractivity contribution in [2.45, 2.75) is 19.8 Å². The van der Waals surface area contributed by atoms with Gasteiger partial charge in [-0.25, -0.2) is 0 Å². The first kappa shape index (κ1) is 12.5. The molecule has 2 heteroatoms. The third-order valence-electron chi connectivity index (χ3n) is 3.02. The maximum absolute atomic E-state index is 9.74. The Hall–Kier alpha value is -1.96. The van der Waals surface area contributed by atoms with Gasteiger partial charge in [0.25, 0.3) is 0 Å². The van der Waals surface area contributed by atoms with Gasteiger partial charge in [-0.05, 0) is 34.7 Å². The molecule has 18 heavy (non-hydrogen) atoms. The number of hydrogen-bond acceptors (Lipinski definition) is 2. The molecule has 0 bridgehead atoms. The Labute approximate surface area is 108 Å². The molecule has 0 saturated carbocycles. The summed E-state index contributed by atoms with van der Waals surface area (Å²) in [5, 5.41) is 9.74. The summed E-state index contributed by atoms with van der Waals surface area (Å²) in [6, 6.07) is 13.6. The van der Waals surface area contributed by atoms with E-state index in [0.29, 0.717) is 11.7 Å². The fourth-order valence-corrected chi connectivity index (χ4v) is 2.12. The minimum absolute atomic E-state index is 0.225. The third kappa shape index (κ3) is 2.48. The molecule has 0 aliphatic carbocycles. The molecule has 0 aromatic heterocycles. The molecule has 94 valence electrons. The van der Waals surface area contributed by atoms with Crippen LogP contribution in [0.5, 0.6) is 11.5 Å². The summed E-state index contributed by atoms with van der Waals surface area (Å²) in [5.74, 6) is 1.33. The summed E-state index contributed by atoms with van der Waals surface area (Å²) in [6.45, 7) is 4.33. The number of hydrogen-bond donors (Lipinski definition) is 1. The fourth-order valence-electron chi connectivity index (χ4n) is 2.12. The Morgan fingerprint density at radius 3 is 2.44 bits per heavy atom. The van der Waals surface area contributed by atoms with Crippen LogP contribution in [-0.4, -0.2) is 12.2 Å². The molecule has 1 N–H and O–H groups in total. The predicted molar refractivity (Wildman–Crippen MR) is 74.2 cm³/mol. The highest BCUT2D eigenvalue weighted by Crippen LogP contribution is 2.33. The fraction of sp³-hybridized carbons (Fsp3) is 0.250. The Kier molecular flexibility index (Phi) is 3.56. The molecule has 2 rings (SSSR count). The van der Waals surface area contributed by atoms with E-state index in [2.05, 4.69) is 26.0 Å². The maximum Gasteiger partial charge on any atom is 0.123 e. The van der Waals surface area contributed by atoms with E-state index in [1.54, 1.807) is 19.2 Å². The van der Waals surface area contributed by atoms with Crippen LogP contribution in [0.25, 0.3) is 11.1 Å². The van der Waals surface area contributed by atoms with Crippen LogP contribution < -0.4 is 4.74 Å². The molecule has 0 heterocycles. The van der Waals surface area contributed by atoms with Crippen LogP contribution in [0, 0.1) is 0 Å². The average molecular weight is 242 g/mol. The standard InChI is InChI=1S/C16H18O2/c1-11(2)15-6-4-5-7-16(15)12-8-13(17)10-14(9-12)18-3/h4-11,17H,1-3H3. The summed E-state index contributed by atoms with van der Waals surface area (Å²) < 4.78 is 5.20. The lowest BCUT2D eigenvalue weighted by atomic mass is 9.92. The first-order valence-corrected chi connectivity index (χ1v) is 6.09. The van der Waals surface area contributed by atoms with Crippen LogP contribution in [0.1, 0.15) is 25.3 Å². The topological polar surface area (TPSA) is 29.5 Å². The van der Waals surface area contributed by atoms with E-state index in [1.165, 1.54) is 5.56 Å². The van der Waals surface area contributed by atoms with E-state index >= 15 is 0 Å². The van der Waals surface area contributed by atoms with E-state index < -0.39 is 0 Å². The lowest BCUT2D eigenvalue weighted by Crippen LogP contribution is -1.92. The molecule has 0 amide bonds. The number of phenolic OH excluding ortho intramolecular Hbond substituents is 1. The molecule has 0 radical (unpaired) electrons. The van der Waals surface area contributed by atoms with Crippen molar-refractivity contribution in [1.29, 1.82) is 0 Å². The van der Waals surface area contributed by atoms with Gasteiger partial charge in [0.1, 0.15) is 11.5 Å². The SMILES string of the molecule is COc1cc(O)cc(-c2ccccc2C(C)C)c1. The Morgan fingerprint density at radius 1 is 1.06 bits per heavy atom. The highest BCUT2D eigenvalue weighted by Gasteiger charge is 2.09. The van der Waals surface area contributed by atoms with Crippen molar-refractivity contribution in [3.63, 3.8) is 0 Å². The quantitative estimate of drug-likeness (QED) is 0.874. The van der Waals surface area contributed by atoms with Gasteiger partial charge in [0.2, 0.25) is 0 Å². The monoisotopic (exact) mass is 242 g/mol. The number of methoxy groups -OCH3 is 1. The summed E-state index contributed by atoms with van der Waals surface area (Å²) in [4.78, 5) is 0. The second-order valence-corrected chi connectivity index (χ2v) is 4.66. The zero-order valence-corrected chi connectivity index (χ0v) is 11.0. The highest BCUT2D eigenvalue weighted by atomic mass is 16.5. The van der Waals surface area contributed by atoms with Crippen LogP contribution in [0.4, 0.5) is 0 Å². The molecule has 0 aliphatic heterocycles. The second-order valence-electron chi connectivity index (χ2n) is 4.66. The normalized spacial score (nSPS) is 10.7. The van der Waals surface area contributed by atoms with E-state index in [4.69, 9.17) is 4.74 Å². The largest absolute Gasteiger partial charge is 0.508 e. The average Bonchev–Trinajstić information content (AvgIpc) is 2.38. The third-order valence-corrected chi connectivity index (χ3v) is 3.02. The molecule has 0 unspecified atom stereocenters. The van der Waals surface area contributed by atoms with E-state index in [1.807, 2.05) is 18.2 Å². The summed E-state index contributed by atoms with van der Waals surface area (Å²) in [6.07, 6.45) is 0. The van der Waals surface area contributed by atoms with E-state index in [-0.39, 0.29) is 5.75 Å². The van der Waals surface area contributed by atoms with Gasteiger partial charge >= 0.3 is 0 Å². The van der Waals surface area contributed by atoms with Gasteiger partial charge in [-0.3, -0.25) is 0 Å².